The van der Waals surface area contributed by atoms with Crippen molar-refractivity contribution in [2.45, 2.75) is 63.2 Å². The number of ether oxygens (including phenoxy) is 2. The first-order valence-electron chi connectivity index (χ1n) is 11.6. The Labute approximate surface area is 189 Å². The van der Waals surface area contributed by atoms with Gasteiger partial charge in [-0.3, -0.25) is 9.69 Å². The van der Waals surface area contributed by atoms with E-state index < -0.39 is 0 Å². The van der Waals surface area contributed by atoms with Crippen LogP contribution in [0.2, 0.25) is 0 Å². The molecular formula is C26H33FN2O3. The van der Waals surface area contributed by atoms with Gasteiger partial charge < -0.3 is 14.8 Å². The Morgan fingerprint density at radius 1 is 1.12 bits per heavy atom. The lowest BCUT2D eigenvalue weighted by atomic mass is 9.97. The molecule has 0 aliphatic carbocycles. The average Bonchev–Trinajstić information content (AvgIpc) is 3.07. The number of amides is 1. The average molecular weight is 441 g/mol. The molecule has 172 valence electrons. The molecule has 0 radical (unpaired) electrons. The van der Waals surface area contributed by atoms with Crippen LogP contribution in [0.25, 0.3) is 0 Å². The Bertz CT molecular complexity index is 906. The van der Waals surface area contributed by atoms with Gasteiger partial charge in [-0.25, -0.2) is 4.39 Å². The Morgan fingerprint density at radius 3 is 2.84 bits per heavy atom. The topological polar surface area (TPSA) is 50.8 Å². The molecule has 2 aromatic carbocycles. The molecule has 1 N–H and O–H groups in total. The highest BCUT2D eigenvalue weighted by atomic mass is 19.1. The van der Waals surface area contributed by atoms with E-state index in [0.29, 0.717) is 26.1 Å². The second-order valence-electron chi connectivity index (χ2n) is 8.83. The van der Waals surface area contributed by atoms with Crippen LogP contribution in [0.5, 0.6) is 5.75 Å². The van der Waals surface area contributed by atoms with E-state index in [1.807, 2.05) is 24.3 Å². The van der Waals surface area contributed by atoms with E-state index in [-0.39, 0.29) is 29.8 Å². The van der Waals surface area contributed by atoms with E-state index in [0.717, 1.165) is 49.1 Å². The normalized spacial score (nSPS) is 23.8. The van der Waals surface area contributed by atoms with Gasteiger partial charge in [-0.15, -0.1) is 0 Å². The summed E-state index contributed by atoms with van der Waals surface area (Å²) in [5.41, 5.74) is 1.90. The highest BCUT2D eigenvalue weighted by Gasteiger charge is 2.42. The number of carbonyl (C=O) groups is 1. The SMILES string of the molecule is COCCOc1cccc(CN2[C@H](Cc3ccccc3F)C[C@@H]3NC(=O)CCCC[C@H]32)c1. The van der Waals surface area contributed by atoms with Crippen LogP contribution in [0.4, 0.5) is 4.39 Å². The third-order valence-electron chi connectivity index (χ3n) is 6.62. The van der Waals surface area contributed by atoms with Crippen molar-refractivity contribution in [3.63, 3.8) is 0 Å². The maximum absolute atomic E-state index is 14.4. The summed E-state index contributed by atoms with van der Waals surface area (Å²) in [5, 5.41) is 3.26. The van der Waals surface area contributed by atoms with Crippen molar-refractivity contribution in [3.05, 3.63) is 65.5 Å². The van der Waals surface area contributed by atoms with Crippen LogP contribution >= 0.6 is 0 Å². The molecule has 3 atom stereocenters. The molecule has 0 spiro atoms. The van der Waals surface area contributed by atoms with Crippen LogP contribution in [0.3, 0.4) is 0 Å². The van der Waals surface area contributed by atoms with E-state index in [2.05, 4.69) is 22.3 Å². The van der Waals surface area contributed by atoms with Crippen LogP contribution < -0.4 is 10.1 Å². The van der Waals surface area contributed by atoms with E-state index in [9.17, 15) is 9.18 Å². The molecule has 32 heavy (non-hydrogen) atoms. The van der Waals surface area contributed by atoms with E-state index in [1.165, 1.54) is 6.07 Å². The second-order valence-corrected chi connectivity index (χ2v) is 8.83. The number of hydrogen-bond acceptors (Lipinski definition) is 4. The van der Waals surface area contributed by atoms with Crippen LogP contribution in [-0.2, 0) is 22.5 Å². The number of fused-ring (bicyclic) bond motifs is 1. The smallest absolute Gasteiger partial charge is 0.220 e. The summed E-state index contributed by atoms with van der Waals surface area (Å²) >= 11 is 0. The fourth-order valence-electron chi connectivity index (χ4n) is 5.08. The molecule has 2 heterocycles. The lowest BCUT2D eigenvalue weighted by molar-refractivity contribution is -0.122. The molecule has 2 saturated heterocycles. The second kappa shape index (κ2) is 10.9. The molecule has 2 aliphatic rings. The number of benzene rings is 2. The molecule has 0 aromatic heterocycles. The van der Waals surface area contributed by atoms with Crippen molar-refractivity contribution in [1.29, 1.82) is 0 Å². The number of methoxy groups -OCH3 is 1. The third kappa shape index (κ3) is 5.67. The third-order valence-corrected chi connectivity index (χ3v) is 6.62. The summed E-state index contributed by atoms with van der Waals surface area (Å²) in [6.07, 6.45) is 5.08. The fourth-order valence-corrected chi connectivity index (χ4v) is 5.08. The van der Waals surface area contributed by atoms with Gasteiger partial charge in [0.1, 0.15) is 18.2 Å². The van der Waals surface area contributed by atoms with Crippen LogP contribution in [0.15, 0.2) is 48.5 Å². The molecular weight excluding hydrogens is 407 g/mol. The van der Waals surface area contributed by atoms with Gasteiger partial charge in [0.25, 0.3) is 0 Å². The number of halogens is 1. The molecule has 1 amide bonds. The summed E-state index contributed by atoms with van der Waals surface area (Å²) in [6, 6.07) is 15.7. The summed E-state index contributed by atoms with van der Waals surface area (Å²) in [6.45, 7) is 1.80. The maximum atomic E-state index is 14.4. The quantitative estimate of drug-likeness (QED) is 0.628. The Balaban J connectivity index is 1.55. The van der Waals surface area contributed by atoms with Gasteiger partial charge in [0.2, 0.25) is 5.91 Å². The zero-order valence-corrected chi connectivity index (χ0v) is 18.8. The van der Waals surface area contributed by atoms with Crippen LogP contribution in [0, 0.1) is 5.82 Å². The van der Waals surface area contributed by atoms with E-state index in [1.54, 1.807) is 13.2 Å². The molecule has 0 bridgehead atoms. The lowest BCUT2D eigenvalue weighted by Gasteiger charge is -2.33. The summed E-state index contributed by atoms with van der Waals surface area (Å²) in [7, 11) is 1.66. The first-order valence-corrected chi connectivity index (χ1v) is 11.6. The monoisotopic (exact) mass is 440 g/mol. The predicted molar refractivity (Wildman–Crippen MR) is 122 cm³/mol. The largest absolute Gasteiger partial charge is 0.491 e. The molecule has 0 unspecified atom stereocenters. The van der Waals surface area contributed by atoms with E-state index in [4.69, 9.17) is 9.47 Å². The van der Waals surface area contributed by atoms with Crippen molar-refractivity contribution in [3.8, 4) is 5.75 Å². The molecule has 6 heteroatoms. The van der Waals surface area contributed by atoms with Crippen LogP contribution in [-0.4, -0.2) is 49.3 Å². The van der Waals surface area contributed by atoms with Gasteiger partial charge in [0.15, 0.2) is 0 Å². The number of hydrogen-bond donors (Lipinski definition) is 1. The molecule has 5 nitrogen and oxygen atoms in total. The van der Waals surface area contributed by atoms with Gasteiger partial charge >= 0.3 is 0 Å². The number of carbonyl (C=O) groups excluding carboxylic acids is 1. The first-order chi connectivity index (χ1) is 15.6. The first kappa shape index (κ1) is 22.7. The van der Waals surface area contributed by atoms with Gasteiger partial charge in [0.05, 0.1) is 6.61 Å². The zero-order chi connectivity index (χ0) is 22.3. The molecule has 2 fully saturated rings. The Hall–Kier alpha value is -2.44. The Morgan fingerprint density at radius 2 is 2.00 bits per heavy atom. The summed E-state index contributed by atoms with van der Waals surface area (Å²) < 4.78 is 25.3. The standard InChI is InChI=1S/C26H33FN2O3/c1-31-13-14-32-22-9-6-7-19(15-22)18-29-21(16-20-8-2-3-10-23(20)27)17-24-25(29)11-4-5-12-26(30)28-24/h2-3,6-10,15,21,24-25H,4-5,11-14,16-18H2,1H3,(H,28,30)/t21-,24+,25-/m1/s1. The number of likely N-dealkylation sites (tertiary alicyclic amines) is 1. The minimum atomic E-state index is -0.158. The minimum absolute atomic E-state index is 0.112. The number of nitrogens with one attached hydrogen (secondary N) is 1. The van der Waals surface area contributed by atoms with Crippen molar-refractivity contribution < 1.29 is 18.7 Å². The van der Waals surface area contributed by atoms with Crippen molar-refractivity contribution in [2.75, 3.05) is 20.3 Å². The maximum Gasteiger partial charge on any atom is 0.220 e. The van der Waals surface area contributed by atoms with E-state index >= 15 is 0 Å². The zero-order valence-electron chi connectivity index (χ0n) is 18.8. The van der Waals surface area contributed by atoms with Crippen LogP contribution in [0.1, 0.15) is 43.2 Å². The number of rotatable bonds is 8. The highest BCUT2D eigenvalue weighted by molar-refractivity contribution is 5.76. The molecule has 2 aromatic rings. The Kier molecular flexibility index (Phi) is 7.76. The van der Waals surface area contributed by atoms with Gasteiger partial charge in [0, 0.05) is 38.2 Å². The lowest BCUT2D eigenvalue weighted by Crippen LogP contribution is -2.46. The summed E-state index contributed by atoms with van der Waals surface area (Å²) in [5.74, 6) is 0.806. The molecule has 2 aliphatic heterocycles. The van der Waals surface area contributed by atoms with Gasteiger partial charge in [-0.2, -0.15) is 0 Å². The number of nitrogens with zero attached hydrogens (tertiary/aromatic N) is 1. The van der Waals surface area contributed by atoms with Gasteiger partial charge in [-0.1, -0.05) is 36.8 Å². The molecule has 4 rings (SSSR count). The predicted octanol–water partition coefficient (Wildman–Crippen LogP) is 4.10. The fraction of sp³-hybridized carbons (Fsp3) is 0.500. The highest BCUT2D eigenvalue weighted by Crippen LogP contribution is 2.34. The minimum Gasteiger partial charge on any atom is -0.491 e. The van der Waals surface area contributed by atoms with Crippen molar-refractivity contribution in [1.82, 2.24) is 10.2 Å². The van der Waals surface area contributed by atoms with Crippen molar-refractivity contribution >= 4 is 5.91 Å². The van der Waals surface area contributed by atoms with Crippen molar-refractivity contribution in [2.24, 2.45) is 0 Å². The molecule has 0 saturated carbocycles. The summed E-state index contributed by atoms with van der Waals surface area (Å²) in [4.78, 5) is 14.8. The van der Waals surface area contributed by atoms with Gasteiger partial charge in [-0.05, 0) is 55.0 Å².